The van der Waals surface area contributed by atoms with Gasteiger partial charge in [-0.15, -0.1) is 0 Å². The van der Waals surface area contributed by atoms with Crippen LogP contribution in [-0.4, -0.2) is 70.8 Å². The van der Waals surface area contributed by atoms with Crippen LogP contribution in [0.15, 0.2) is 30.3 Å². The lowest BCUT2D eigenvalue weighted by molar-refractivity contribution is 0.0601. The Morgan fingerprint density at radius 2 is 1.95 bits per heavy atom. The molecule has 2 N–H and O–H groups in total. The number of nitrogens with two attached hydrogens (primary N) is 1. The number of nitrogens with zero attached hydrogens (tertiary/aromatic N) is 6. The van der Waals surface area contributed by atoms with Crippen LogP contribution in [0.4, 0.5) is 16.0 Å². The zero-order valence-electron chi connectivity index (χ0n) is 22.0. The van der Waals surface area contributed by atoms with E-state index in [2.05, 4.69) is 22.8 Å². The van der Waals surface area contributed by atoms with E-state index in [0.29, 0.717) is 18.9 Å². The van der Waals surface area contributed by atoms with Crippen molar-refractivity contribution < 1.29 is 13.9 Å². The molecule has 2 bridgehead atoms. The van der Waals surface area contributed by atoms with Crippen LogP contribution in [0.2, 0.25) is 0 Å². The topological polar surface area (TPSA) is 92.2 Å². The minimum absolute atomic E-state index is 0.152. The van der Waals surface area contributed by atoms with E-state index >= 15 is 0 Å². The van der Waals surface area contributed by atoms with Gasteiger partial charge in [0.1, 0.15) is 23.2 Å². The lowest BCUT2D eigenvalue weighted by atomic mass is 9.98. The third-order valence-electron chi connectivity index (χ3n) is 8.03. The molecular weight excluding hydrogens is 485 g/mol. The lowest BCUT2D eigenvalue weighted by Crippen LogP contribution is -2.39. The number of carbonyl (C=O) groups is 1. The molecule has 2 atom stereocenters. The van der Waals surface area contributed by atoms with Crippen LogP contribution in [0.25, 0.3) is 5.65 Å². The van der Waals surface area contributed by atoms with Crippen molar-refractivity contribution in [1.82, 2.24) is 19.5 Å². The number of amides is 1. The van der Waals surface area contributed by atoms with Crippen LogP contribution in [0.5, 0.6) is 5.75 Å². The number of benzene rings is 1. The lowest BCUT2D eigenvalue weighted by Gasteiger charge is -2.35. The number of ether oxygens (including phenoxy) is 1. The van der Waals surface area contributed by atoms with Crippen molar-refractivity contribution in [2.24, 2.45) is 5.73 Å². The Bertz CT molecular complexity index is 1330. The van der Waals surface area contributed by atoms with E-state index in [1.165, 1.54) is 12.1 Å². The van der Waals surface area contributed by atoms with Crippen LogP contribution in [0, 0.1) is 5.82 Å². The molecule has 0 radical (unpaired) electrons. The summed E-state index contributed by atoms with van der Waals surface area (Å²) in [5, 5.41) is 5.05. The van der Waals surface area contributed by atoms with Gasteiger partial charge < -0.3 is 25.2 Å². The fourth-order valence-corrected chi connectivity index (χ4v) is 5.96. The highest BCUT2D eigenvalue weighted by Gasteiger charge is 2.33. The van der Waals surface area contributed by atoms with Gasteiger partial charge in [-0.3, -0.25) is 4.79 Å². The molecule has 0 aliphatic carbocycles. The van der Waals surface area contributed by atoms with Crippen molar-refractivity contribution in [3.8, 4) is 5.75 Å². The first kappa shape index (κ1) is 24.9. The van der Waals surface area contributed by atoms with Crippen molar-refractivity contribution in [1.29, 1.82) is 0 Å². The quantitative estimate of drug-likeness (QED) is 0.549. The Morgan fingerprint density at radius 3 is 2.76 bits per heavy atom. The molecule has 2 aromatic heterocycles. The summed E-state index contributed by atoms with van der Waals surface area (Å²) in [5.41, 5.74) is 8.07. The molecule has 2 saturated heterocycles. The predicted molar refractivity (Wildman–Crippen MR) is 144 cm³/mol. The van der Waals surface area contributed by atoms with E-state index in [1.54, 1.807) is 6.07 Å². The number of halogens is 1. The highest BCUT2D eigenvalue weighted by atomic mass is 19.1. The number of aromatic nitrogens is 3. The summed E-state index contributed by atoms with van der Waals surface area (Å²) in [5.74, 6) is 1.69. The molecule has 202 valence electrons. The van der Waals surface area contributed by atoms with Crippen LogP contribution < -0.4 is 20.3 Å². The molecule has 3 aliphatic rings. The average Bonchev–Trinajstić information content (AvgIpc) is 3.56. The molecule has 5 heterocycles. The Kier molecular flexibility index (Phi) is 6.82. The summed E-state index contributed by atoms with van der Waals surface area (Å²) in [6.07, 6.45) is 5.34. The SMILES string of the molecule is CCN1CCCCOc2ccc(F)cc2C(=O)N2CCCC[C@H]2c2cc3nc(N4CC[C@H](N)C4)cc1n3n2. The van der Waals surface area contributed by atoms with Crippen molar-refractivity contribution in [3.05, 3.63) is 47.4 Å². The number of anilines is 2. The van der Waals surface area contributed by atoms with E-state index in [0.717, 1.165) is 87.7 Å². The summed E-state index contributed by atoms with van der Waals surface area (Å²) in [6.45, 7) is 6.52. The second kappa shape index (κ2) is 10.4. The Balaban J connectivity index is 1.47. The highest BCUT2D eigenvalue weighted by Crippen LogP contribution is 2.35. The summed E-state index contributed by atoms with van der Waals surface area (Å²) in [4.78, 5) is 25.3. The molecular formula is C28H36FN7O2. The standard InChI is InChI=1S/C28H36FN7O2/c1-2-33-11-5-6-14-38-24-9-8-19(29)15-21(24)28(37)35-12-4-3-7-23(35)22-16-26-31-25(17-27(33)36(26)32-22)34-13-10-20(30)18-34/h8-9,15-17,20,23H,2-7,10-14,18,30H2,1H3/t20-,23-/m0/s1. The molecule has 0 spiro atoms. The second-order valence-corrected chi connectivity index (χ2v) is 10.6. The highest BCUT2D eigenvalue weighted by molar-refractivity contribution is 5.97. The number of carbonyl (C=O) groups excluding carboxylic acids is 1. The molecule has 6 rings (SSSR count). The van der Waals surface area contributed by atoms with Crippen molar-refractivity contribution in [3.63, 3.8) is 0 Å². The molecule has 9 nitrogen and oxygen atoms in total. The molecule has 3 aliphatic heterocycles. The number of hydrogen-bond donors (Lipinski definition) is 1. The van der Waals surface area contributed by atoms with Crippen molar-refractivity contribution >= 4 is 23.2 Å². The monoisotopic (exact) mass is 521 g/mol. The molecule has 2 fully saturated rings. The second-order valence-electron chi connectivity index (χ2n) is 10.6. The van der Waals surface area contributed by atoms with Gasteiger partial charge in [0, 0.05) is 50.9 Å². The third-order valence-corrected chi connectivity index (χ3v) is 8.03. The summed E-state index contributed by atoms with van der Waals surface area (Å²) < 4.78 is 22.3. The van der Waals surface area contributed by atoms with Gasteiger partial charge in [-0.2, -0.15) is 9.61 Å². The Labute approximate surface area is 222 Å². The Morgan fingerprint density at radius 1 is 1.08 bits per heavy atom. The molecule has 0 saturated carbocycles. The summed E-state index contributed by atoms with van der Waals surface area (Å²) >= 11 is 0. The van der Waals surface area contributed by atoms with Gasteiger partial charge in [0.05, 0.1) is 23.9 Å². The van der Waals surface area contributed by atoms with Gasteiger partial charge in [0.15, 0.2) is 5.65 Å². The first-order valence-electron chi connectivity index (χ1n) is 13.9. The predicted octanol–water partition coefficient (Wildman–Crippen LogP) is 3.77. The molecule has 0 unspecified atom stereocenters. The van der Waals surface area contributed by atoms with E-state index < -0.39 is 5.82 Å². The first-order valence-corrected chi connectivity index (χ1v) is 13.9. The molecule has 1 aromatic carbocycles. The van der Waals surface area contributed by atoms with Gasteiger partial charge in [-0.05, 0) is 63.6 Å². The van der Waals surface area contributed by atoms with E-state index in [-0.39, 0.29) is 23.6 Å². The van der Waals surface area contributed by atoms with E-state index in [1.807, 2.05) is 15.5 Å². The number of fused-ring (bicyclic) bond motifs is 4. The zero-order valence-corrected chi connectivity index (χ0v) is 22.0. The smallest absolute Gasteiger partial charge is 0.258 e. The first-order chi connectivity index (χ1) is 18.5. The molecule has 3 aromatic rings. The van der Waals surface area contributed by atoms with Crippen LogP contribution in [0.3, 0.4) is 0 Å². The number of piperidine rings is 1. The molecule has 1 amide bonds. The van der Waals surface area contributed by atoms with Gasteiger partial charge >= 0.3 is 0 Å². The van der Waals surface area contributed by atoms with E-state index in [9.17, 15) is 9.18 Å². The van der Waals surface area contributed by atoms with Crippen molar-refractivity contribution in [2.75, 3.05) is 49.1 Å². The maximum Gasteiger partial charge on any atom is 0.258 e. The molecule has 10 heteroatoms. The third kappa shape index (κ3) is 4.66. The minimum atomic E-state index is -0.443. The number of rotatable bonds is 2. The maximum atomic E-state index is 14.3. The summed E-state index contributed by atoms with van der Waals surface area (Å²) in [7, 11) is 0. The zero-order chi connectivity index (χ0) is 26.2. The van der Waals surface area contributed by atoms with Crippen molar-refractivity contribution in [2.45, 2.75) is 57.5 Å². The van der Waals surface area contributed by atoms with E-state index in [4.69, 9.17) is 20.6 Å². The number of hydrogen-bond acceptors (Lipinski definition) is 7. The van der Waals surface area contributed by atoms with Gasteiger partial charge in [0.25, 0.3) is 5.91 Å². The largest absolute Gasteiger partial charge is 0.493 e. The van der Waals surface area contributed by atoms with Crippen LogP contribution in [0.1, 0.15) is 67.5 Å². The van der Waals surface area contributed by atoms with Gasteiger partial charge in [-0.25, -0.2) is 9.37 Å². The fourth-order valence-electron chi connectivity index (χ4n) is 5.96. The average molecular weight is 522 g/mol. The minimum Gasteiger partial charge on any atom is -0.493 e. The van der Waals surface area contributed by atoms with Crippen LogP contribution in [-0.2, 0) is 0 Å². The van der Waals surface area contributed by atoms with Gasteiger partial charge in [-0.1, -0.05) is 0 Å². The van der Waals surface area contributed by atoms with Gasteiger partial charge in [0.2, 0.25) is 0 Å². The Hall–Kier alpha value is -3.40. The molecule has 38 heavy (non-hydrogen) atoms. The fraction of sp³-hybridized carbons (Fsp3) is 0.536. The maximum absolute atomic E-state index is 14.3. The summed E-state index contributed by atoms with van der Waals surface area (Å²) in [6, 6.07) is 8.31. The van der Waals surface area contributed by atoms with Crippen LogP contribution >= 0.6 is 0 Å². The normalized spacial score (nSPS) is 22.7.